The Balaban J connectivity index is 1.77. The second-order valence-electron chi connectivity index (χ2n) is 5.14. The molecule has 0 aliphatic rings. The lowest BCUT2D eigenvalue weighted by molar-refractivity contribution is -0.117. The maximum absolute atomic E-state index is 12.2. The summed E-state index contributed by atoms with van der Waals surface area (Å²) in [7, 11) is -3.91. The lowest BCUT2D eigenvalue weighted by atomic mass is 10.3. The summed E-state index contributed by atoms with van der Waals surface area (Å²) in [5.41, 5.74) is 1.42. The van der Waals surface area contributed by atoms with Gasteiger partial charge in [-0.2, -0.15) is 0 Å². The van der Waals surface area contributed by atoms with Gasteiger partial charge in [-0.25, -0.2) is 13.1 Å². The van der Waals surface area contributed by atoms with Gasteiger partial charge in [0.25, 0.3) is 15.9 Å². The van der Waals surface area contributed by atoms with Gasteiger partial charge >= 0.3 is 0 Å². The van der Waals surface area contributed by atoms with E-state index in [1.54, 1.807) is 18.3 Å². The van der Waals surface area contributed by atoms with Crippen molar-refractivity contribution >= 4 is 38.6 Å². The molecule has 3 aromatic rings. The molecule has 1 aromatic carbocycles. The Labute approximate surface area is 142 Å². The van der Waals surface area contributed by atoms with Crippen LogP contribution in [0.5, 0.6) is 0 Å². The van der Waals surface area contributed by atoms with Gasteiger partial charge in [-0.15, -0.1) is 0 Å². The molecule has 9 heteroatoms. The molecule has 2 heterocycles. The van der Waals surface area contributed by atoms with Crippen LogP contribution in [0.2, 0.25) is 0 Å². The number of rotatable bonds is 4. The molecule has 0 spiro atoms. The van der Waals surface area contributed by atoms with Crippen LogP contribution in [-0.2, 0) is 14.8 Å². The number of hydrogen-bond acceptors (Lipinski definition) is 6. The Morgan fingerprint density at radius 1 is 1.12 bits per heavy atom. The van der Waals surface area contributed by atoms with Crippen molar-refractivity contribution in [3.8, 4) is 0 Å². The zero-order valence-electron chi connectivity index (χ0n) is 13.0. The van der Waals surface area contributed by atoms with Crippen molar-refractivity contribution in [2.45, 2.75) is 11.8 Å². The minimum absolute atomic E-state index is 0.0867. The van der Waals surface area contributed by atoms with E-state index < -0.39 is 21.8 Å². The second kappa shape index (κ2) is 6.36. The monoisotopic (exact) mass is 359 g/mol. The van der Waals surface area contributed by atoms with Gasteiger partial charge in [0.1, 0.15) is 5.52 Å². The highest BCUT2D eigenvalue weighted by atomic mass is 32.2. The molecule has 0 saturated carbocycles. The molecule has 3 rings (SSSR count). The zero-order valence-corrected chi connectivity index (χ0v) is 13.8. The van der Waals surface area contributed by atoms with E-state index in [9.17, 15) is 18.0 Å². The molecule has 0 fully saturated rings. The third-order valence-electron chi connectivity index (χ3n) is 3.21. The first-order chi connectivity index (χ1) is 11.8. The van der Waals surface area contributed by atoms with E-state index in [0.717, 1.165) is 6.92 Å². The Hall–Kier alpha value is -3.20. The maximum atomic E-state index is 12.2. The first-order valence-electron chi connectivity index (χ1n) is 7.14. The highest BCUT2D eigenvalue weighted by Crippen LogP contribution is 2.19. The quantitative estimate of drug-likeness (QED) is 0.734. The zero-order chi connectivity index (χ0) is 18.0. The van der Waals surface area contributed by atoms with Crippen LogP contribution < -0.4 is 10.0 Å². The summed E-state index contributed by atoms with van der Waals surface area (Å²) in [5, 5.41) is 2.60. The van der Waals surface area contributed by atoms with Crippen LogP contribution in [0.4, 0.5) is 5.69 Å². The third-order valence-corrected chi connectivity index (χ3v) is 4.66. The molecule has 2 aromatic heterocycles. The first-order valence-corrected chi connectivity index (χ1v) is 8.63. The number of anilines is 1. The van der Waals surface area contributed by atoms with E-state index in [4.69, 9.17) is 4.42 Å². The smallest absolute Gasteiger partial charge is 0.291 e. The number of sulfonamides is 1. The van der Waals surface area contributed by atoms with Gasteiger partial charge in [-0.3, -0.25) is 14.6 Å². The highest BCUT2D eigenvalue weighted by molar-refractivity contribution is 7.90. The molecule has 0 saturated heterocycles. The Morgan fingerprint density at radius 3 is 2.48 bits per heavy atom. The van der Waals surface area contributed by atoms with Gasteiger partial charge in [0.05, 0.1) is 4.90 Å². The number of nitrogens with one attached hydrogen (secondary N) is 2. The molecular weight excluding hydrogens is 346 g/mol. The van der Waals surface area contributed by atoms with E-state index in [1.807, 2.05) is 4.72 Å². The van der Waals surface area contributed by atoms with Crippen molar-refractivity contribution in [1.82, 2.24) is 9.71 Å². The third kappa shape index (κ3) is 3.66. The van der Waals surface area contributed by atoms with E-state index in [2.05, 4.69) is 10.3 Å². The summed E-state index contributed by atoms with van der Waals surface area (Å²) in [5.74, 6) is -1.09. The van der Waals surface area contributed by atoms with E-state index >= 15 is 0 Å². The van der Waals surface area contributed by atoms with Gasteiger partial charge in [0.15, 0.2) is 11.3 Å². The molecule has 2 N–H and O–H groups in total. The summed E-state index contributed by atoms with van der Waals surface area (Å²) in [6, 6.07) is 10.3. The number of benzene rings is 1. The van der Waals surface area contributed by atoms with Crippen LogP contribution in [-0.4, -0.2) is 25.2 Å². The molecule has 128 valence electrons. The number of pyridine rings is 1. The number of carbonyl (C=O) groups is 2. The Morgan fingerprint density at radius 2 is 1.84 bits per heavy atom. The number of amides is 2. The Bertz CT molecular complexity index is 1020. The number of fused-ring (bicyclic) bond motifs is 1. The molecule has 0 atom stereocenters. The fourth-order valence-electron chi connectivity index (χ4n) is 2.14. The standard InChI is InChI=1S/C16H13N3O5S/c1-10(20)19-25(22,23)12-6-4-11(5-7-12)18-16(21)15-9-13-14(24-15)3-2-8-17-13/h2-9H,1H3,(H,18,21)(H,19,20). The van der Waals surface area contributed by atoms with Gasteiger partial charge in [0.2, 0.25) is 5.91 Å². The van der Waals surface area contributed by atoms with E-state index in [0.29, 0.717) is 16.8 Å². The number of aromatic nitrogens is 1. The SMILES string of the molecule is CC(=O)NS(=O)(=O)c1ccc(NC(=O)c2cc3ncccc3o2)cc1. The normalized spacial score (nSPS) is 11.2. The summed E-state index contributed by atoms with van der Waals surface area (Å²) < 4.78 is 31.0. The van der Waals surface area contributed by atoms with Crippen molar-refractivity contribution in [3.05, 3.63) is 54.4 Å². The van der Waals surface area contributed by atoms with Crippen LogP contribution >= 0.6 is 0 Å². The summed E-state index contributed by atoms with van der Waals surface area (Å²) >= 11 is 0. The number of furan rings is 1. The van der Waals surface area contributed by atoms with Crippen molar-refractivity contribution in [2.24, 2.45) is 0 Å². The summed E-state index contributed by atoms with van der Waals surface area (Å²) in [4.78, 5) is 27.1. The number of carbonyl (C=O) groups excluding carboxylic acids is 2. The lowest BCUT2D eigenvalue weighted by Crippen LogP contribution is -2.28. The average molecular weight is 359 g/mol. The average Bonchev–Trinajstić information content (AvgIpc) is 2.98. The topological polar surface area (TPSA) is 118 Å². The molecule has 0 radical (unpaired) electrons. The molecule has 25 heavy (non-hydrogen) atoms. The molecule has 0 aliphatic carbocycles. The molecule has 8 nitrogen and oxygen atoms in total. The summed E-state index contributed by atoms with van der Waals surface area (Å²) in [6.45, 7) is 1.11. The summed E-state index contributed by atoms with van der Waals surface area (Å²) in [6.07, 6.45) is 1.59. The van der Waals surface area contributed by atoms with Crippen molar-refractivity contribution < 1.29 is 22.4 Å². The van der Waals surface area contributed by atoms with Crippen LogP contribution in [0.3, 0.4) is 0 Å². The van der Waals surface area contributed by atoms with E-state index in [1.165, 1.54) is 30.3 Å². The van der Waals surface area contributed by atoms with Crippen LogP contribution in [0, 0.1) is 0 Å². The fraction of sp³-hybridized carbons (Fsp3) is 0.0625. The molecule has 0 aliphatic heterocycles. The second-order valence-corrected chi connectivity index (χ2v) is 6.82. The lowest BCUT2D eigenvalue weighted by Gasteiger charge is -2.06. The predicted molar refractivity (Wildman–Crippen MR) is 89.4 cm³/mol. The molecule has 2 amide bonds. The van der Waals surface area contributed by atoms with Crippen LogP contribution in [0.15, 0.2) is 58.0 Å². The van der Waals surface area contributed by atoms with Crippen LogP contribution in [0.25, 0.3) is 11.1 Å². The van der Waals surface area contributed by atoms with Crippen LogP contribution in [0.1, 0.15) is 17.5 Å². The largest absolute Gasteiger partial charge is 0.449 e. The molecule has 0 bridgehead atoms. The van der Waals surface area contributed by atoms with Crippen molar-refractivity contribution in [1.29, 1.82) is 0 Å². The predicted octanol–water partition coefficient (Wildman–Crippen LogP) is 1.90. The van der Waals surface area contributed by atoms with Crippen molar-refractivity contribution in [3.63, 3.8) is 0 Å². The van der Waals surface area contributed by atoms with Gasteiger partial charge in [-0.05, 0) is 36.4 Å². The minimum atomic E-state index is -3.91. The number of nitrogens with zero attached hydrogens (tertiary/aromatic N) is 1. The Kier molecular flexibility index (Phi) is 4.24. The maximum Gasteiger partial charge on any atom is 0.291 e. The highest BCUT2D eigenvalue weighted by Gasteiger charge is 2.16. The van der Waals surface area contributed by atoms with Crippen molar-refractivity contribution in [2.75, 3.05) is 5.32 Å². The van der Waals surface area contributed by atoms with Gasteiger partial charge < -0.3 is 9.73 Å². The number of hydrogen-bond donors (Lipinski definition) is 2. The van der Waals surface area contributed by atoms with Gasteiger partial charge in [-0.1, -0.05) is 0 Å². The fourth-order valence-corrected chi connectivity index (χ4v) is 3.13. The molecule has 0 unspecified atom stereocenters. The van der Waals surface area contributed by atoms with Gasteiger partial charge in [0, 0.05) is 24.9 Å². The minimum Gasteiger partial charge on any atom is -0.449 e. The van der Waals surface area contributed by atoms with E-state index in [-0.39, 0.29) is 10.7 Å². The molecular formula is C16H13N3O5S. The first kappa shape index (κ1) is 16.7.